The van der Waals surface area contributed by atoms with E-state index in [0.29, 0.717) is 44.2 Å². The molecule has 2 aromatic rings. The van der Waals surface area contributed by atoms with Gasteiger partial charge in [-0.2, -0.15) is 4.31 Å². The van der Waals surface area contributed by atoms with Gasteiger partial charge in [0.15, 0.2) is 0 Å². The van der Waals surface area contributed by atoms with Crippen molar-refractivity contribution in [2.24, 2.45) is 0 Å². The van der Waals surface area contributed by atoms with Crippen molar-refractivity contribution in [1.29, 1.82) is 0 Å². The molecule has 1 aromatic carbocycles. The van der Waals surface area contributed by atoms with Gasteiger partial charge in [0.05, 0.1) is 12.7 Å². The van der Waals surface area contributed by atoms with Crippen molar-refractivity contribution < 1.29 is 17.9 Å². The first-order valence-corrected chi connectivity index (χ1v) is 12.9. The second-order valence-corrected chi connectivity index (χ2v) is 11.5. The van der Waals surface area contributed by atoms with Crippen LogP contribution in [0, 0.1) is 0 Å². The molecular weight excluding hydrogens is 456 g/mol. The Labute approximate surface area is 192 Å². The van der Waals surface area contributed by atoms with Crippen LogP contribution in [-0.2, 0) is 27.7 Å². The van der Waals surface area contributed by atoms with Gasteiger partial charge in [-0.05, 0) is 36.5 Å². The third-order valence-corrected chi connectivity index (χ3v) is 9.47. The van der Waals surface area contributed by atoms with Crippen molar-refractivity contribution in [3.63, 3.8) is 0 Å². The summed E-state index contributed by atoms with van der Waals surface area (Å²) in [6, 6.07) is 9.88. The molecule has 0 bridgehead atoms. The number of sulfonamides is 1. The number of ether oxygens (including phenoxy) is 1. The highest BCUT2D eigenvalue weighted by Crippen LogP contribution is 2.39. The Hall–Kier alpha value is -1.71. The molecule has 9 heteroatoms. The largest absolute Gasteiger partial charge is 0.465 e. The summed E-state index contributed by atoms with van der Waals surface area (Å²) in [5.74, 6) is -0.578. The zero-order chi connectivity index (χ0) is 22.0. The smallest absolute Gasteiger partial charge is 0.340 e. The third-order valence-electron chi connectivity index (χ3n) is 5.63. The lowest BCUT2D eigenvalue weighted by Crippen LogP contribution is -2.31. The van der Waals surface area contributed by atoms with Crippen LogP contribution in [0.15, 0.2) is 39.6 Å². The van der Waals surface area contributed by atoms with Gasteiger partial charge < -0.3 is 4.74 Å². The van der Waals surface area contributed by atoms with E-state index in [-0.39, 0.29) is 9.77 Å². The fourth-order valence-electron chi connectivity index (χ4n) is 4.09. The van der Waals surface area contributed by atoms with Gasteiger partial charge in [-0.15, -0.1) is 11.3 Å². The standard InChI is InChI=1S/C22H25ClN2O4S2/c1-29-21(26)20-18-9-12-24(14-17(23)13-16-7-3-2-4-8-16)15-19(18)30-22(20)31(27,28)25-10-5-6-11-25/h2-4,7-8,13H,5-6,9-12,14-15H2,1H3/b17-13-. The SMILES string of the molecule is COC(=O)c1c(S(=O)(=O)N2CCCC2)sc2c1CCN(C/C(Cl)=C/c1ccccc1)C2. The molecule has 0 aliphatic carbocycles. The van der Waals surface area contributed by atoms with E-state index in [9.17, 15) is 13.2 Å². The molecule has 0 amide bonds. The predicted octanol–water partition coefficient (Wildman–Crippen LogP) is 3.96. The van der Waals surface area contributed by atoms with E-state index in [4.69, 9.17) is 16.3 Å². The molecule has 2 aliphatic heterocycles. The van der Waals surface area contributed by atoms with Crippen LogP contribution in [0.5, 0.6) is 0 Å². The summed E-state index contributed by atoms with van der Waals surface area (Å²) in [7, 11) is -2.41. The van der Waals surface area contributed by atoms with Gasteiger partial charge >= 0.3 is 5.97 Å². The van der Waals surface area contributed by atoms with E-state index < -0.39 is 16.0 Å². The van der Waals surface area contributed by atoms with Crippen LogP contribution < -0.4 is 0 Å². The van der Waals surface area contributed by atoms with Crippen LogP contribution in [0.2, 0.25) is 0 Å². The molecule has 0 radical (unpaired) electrons. The number of fused-ring (bicyclic) bond motifs is 1. The highest BCUT2D eigenvalue weighted by atomic mass is 35.5. The molecule has 31 heavy (non-hydrogen) atoms. The number of halogens is 1. The third kappa shape index (κ3) is 4.73. The maximum Gasteiger partial charge on any atom is 0.340 e. The molecule has 0 saturated carbocycles. The van der Waals surface area contributed by atoms with Crippen molar-refractivity contribution in [3.8, 4) is 0 Å². The van der Waals surface area contributed by atoms with Crippen LogP contribution >= 0.6 is 22.9 Å². The van der Waals surface area contributed by atoms with E-state index in [2.05, 4.69) is 4.90 Å². The topological polar surface area (TPSA) is 66.9 Å². The average molecular weight is 481 g/mol. The van der Waals surface area contributed by atoms with Gasteiger partial charge in [-0.25, -0.2) is 13.2 Å². The molecule has 1 saturated heterocycles. The number of methoxy groups -OCH3 is 1. The number of carbonyl (C=O) groups is 1. The van der Waals surface area contributed by atoms with E-state index in [0.717, 1.165) is 28.8 Å². The molecule has 6 nitrogen and oxygen atoms in total. The quantitative estimate of drug-likeness (QED) is 0.585. The van der Waals surface area contributed by atoms with Crippen LogP contribution in [0.3, 0.4) is 0 Å². The minimum Gasteiger partial charge on any atom is -0.465 e. The number of hydrogen-bond donors (Lipinski definition) is 0. The average Bonchev–Trinajstić information content (AvgIpc) is 3.42. The molecule has 0 unspecified atom stereocenters. The zero-order valence-electron chi connectivity index (χ0n) is 17.3. The van der Waals surface area contributed by atoms with E-state index in [1.54, 1.807) is 0 Å². The van der Waals surface area contributed by atoms with Gasteiger partial charge in [0.1, 0.15) is 4.21 Å². The molecule has 0 spiro atoms. The minimum absolute atomic E-state index is 0.124. The van der Waals surface area contributed by atoms with Crippen molar-refractivity contribution in [1.82, 2.24) is 9.21 Å². The fraction of sp³-hybridized carbons (Fsp3) is 0.409. The van der Waals surface area contributed by atoms with Crippen LogP contribution in [0.4, 0.5) is 0 Å². The Kier molecular flexibility index (Phi) is 6.83. The molecule has 1 aromatic heterocycles. The Morgan fingerprint density at radius 3 is 2.58 bits per heavy atom. The first kappa shape index (κ1) is 22.5. The van der Waals surface area contributed by atoms with Crippen molar-refractivity contribution >= 4 is 45.0 Å². The molecular formula is C22H25ClN2O4S2. The Morgan fingerprint density at radius 2 is 1.90 bits per heavy atom. The first-order chi connectivity index (χ1) is 14.9. The maximum absolute atomic E-state index is 13.2. The number of esters is 1. The van der Waals surface area contributed by atoms with Gasteiger partial charge in [-0.1, -0.05) is 41.9 Å². The summed E-state index contributed by atoms with van der Waals surface area (Å²) in [6.07, 6.45) is 4.21. The van der Waals surface area contributed by atoms with Crippen LogP contribution in [-0.4, -0.2) is 56.9 Å². The summed E-state index contributed by atoms with van der Waals surface area (Å²) < 4.78 is 33.0. The first-order valence-electron chi connectivity index (χ1n) is 10.3. The summed E-state index contributed by atoms with van der Waals surface area (Å²) in [5, 5.41) is 0.712. The van der Waals surface area contributed by atoms with Gasteiger partial charge in [0.2, 0.25) is 0 Å². The number of thiophene rings is 1. The van der Waals surface area contributed by atoms with Crippen molar-refractivity contribution in [2.45, 2.75) is 30.0 Å². The van der Waals surface area contributed by atoms with Crippen LogP contribution in [0.25, 0.3) is 6.08 Å². The highest BCUT2D eigenvalue weighted by Gasteiger charge is 2.37. The van der Waals surface area contributed by atoms with E-state index >= 15 is 0 Å². The van der Waals surface area contributed by atoms with Crippen molar-refractivity contribution in [3.05, 3.63) is 56.9 Å². The summed E-state index contributed by atoms with van der Waals surface area (Å²) >= 11 is 7.69. The second-order valence-electron chi connectivity index (χ2n) is 7.73. The minimum atomic E-state index is -3.70. The Bertz CT molecular complexity index is 1090. The zero-order valence-corrected chi connectivity index (χ0v) is 19.7. The lowest BCUT2D eigenvalue weighted by Gasteiger charge is -2.26. The number of rotatable bonds is 6. The second kappa shape index (κ2) is 9.42. The van der Waals surface area contributed by atoms with Crippen LogP contribution in [0.1, 0.15) is 39.2 Å². The maximum atomic E-state index is 13.2. The van der Waals surface area contributed by atoms with Gasteiger partial charge in [-0.3, -0.25) is 4.90 Å². The molecule has 0 atom stereocenters. The number of carbonyl (C=O) groups excluding carboxylic acids is 1. The highest BCUT2D eigenvalue weighted by molar-refractivity contribution is 7.91. The number of nitrogens with zero attached hydrogens (tertiary/aromatic N) is 2. The summed E-state index contributed by atoms with van der Waals surface area (Å²) in [4.78, 5) is 15.6. The van der Waals surface area contributed by atoms with E-state index in [1.165, 1.54) is 22.8 Å². The molecule has 3 heterocycles. The predicted molar refractivity (Wildman–Crippen MR) is 123 cm³/mol. The molecule has 4 rings (SSSR count). The normalized spacial score (nSPS) is 18.2. The lowest BCUT2D eigenvalue weighted by molar-refractivity contribution is 0.0595. The summed E-state index contributed by atoms with van der Waals surface area (Å²) in [5.41, 5.74) is 2.06. The van der Waals surface area contributed by atoms with Gasteiger partial charge in [0, 0.05) is 42.6 Å². The summed E-state index contributed by atoms with van der Waals surface area (Å²) in [6.45, 7) is 2.80. The van der Waals surface area contributed by atoms with Crippen molar-refractivity contribution in [2.75, 3.05) is 33.3 Å². The Morgan fingerprint density at radius 1 is 1.19 bits per heavy atom. The number of hydrogen-bond acceptors (Lipinski definition) is 6. The van der Waals surface area contributed by atoms with Gasteiger partial charge in [0.25, 0.3) is 10.0 Å². The molecule has 166 valence electrons. The monoisotopic (exact) mass is 480 g/mol. The lowest BCUT2D eigenvalue weighted by atomic mass is 10.0. The molecule has 2 aliphatic rings. The molecule has 1 fully saturated rings. The Balaban J connectivity index is 1.60. The molecule has 0 N–H and O–H groups in total. The van der Waals surface area contributed by atoms with E-state index in [1.807, 2.05) is 36.4 Å². The fourth-order valence-corrected chi connectivity index (χ4v) is 7.97. The number of benzene rings is 1.